The highest BCUT2D eigenvalue weighted by molar-refractivity contribution is 5.97. The monoisotopic (exact) mass is 313 g/mol. The van der Waals surface area contributed by atoms with E-state index in [9.17, 15) is 4.79 Å². The average Bonchev–Trinajstić information content (AvgIpc) is 3.43. The van der Waals surface area contributed by atoms with Gasteiger partial charge >= 0.3 is 0 Å². The van der Waals surface area contributed by atoms with Gasteiger partial charge in [0.25, 0.3) is 0 Å². The Bertz CT molecular complexity index is 543. The predicted molar refractivity (Wildman–Crippen MR) is 91.2 cm³/mol. The van der Waals surface area contributed by atoms with Gasteiger partial charge in [-0.05, 0) is 62.5 Å². The zero-order valence-corrected chi connectivity index (χ0v) is 13.8. The summed E-state index contributed by atoms with van der Waals surface area (Å²) in [5.74, 6) is 2.14. The summed E-state index contributed by atoms with van der Waals surface area (Å²) in [6.07, 6.45) is 13.7. The zero-order valence-electron chi connectivity index (χ0n) is 13.8. The Morgan fingerprint density at radius 1 is 1.09 bits per heavy atom. The third kappa shape index (κ3) is 3.42. The Kier molecular flexibility index (Phi) is 4.34. The molecule has 0 spiro atoms. The van der Waals surface area contributed by atoms with Gasteiger partial charge in [0.15, 0.2) is 0 Å². The lowest BCUT2D eigenvalue weighted by atomic mass is 9.82. The number of nitrogens with zero attached hydrogens (tertiary/aromatic N) is 2. The summed E-state index contributed by atoms with van der Waals surface area (Å²) >= 11 is 0. The molecule has 3 aliphatic rings. The Labute approximate surface area is 138 Å². The molecule has 3 atom stereocenters. The van der Waals surface area contributed by atoms with E-state index < -0.39 is 0 Å². The van der Waals surface area contributed by atoms with Crippen molar-refractivity contribution >= 4 is 11.6 Å². The lowest BCUT2D eigenvalue weighted by Gasteiger charge is -2.37. The number of amides is 1. The van der Waals surface area contributed by atoms with Crippen LogP contribution >= 0.6 is 0 Å². The van der Waals surface area contributed by atoms with Crippen LogP contribution in [-0.4, -0.2) is 29.5 Å². The molecule has 1 aromatic heterocycles. The predicted octanol–water partition coefficient (Wildman–Crippen LogP) is 3.14. The van der Waals surface area contributed by atoms with Gasteiger partial charge in [0.2, 0.25) is 5.91 Å². The van der Waals surface area contributed by atoms with Crippen molar-refractivity contribution in [3.8, 4) is 0 Å². The minimum absolute atomic E-state index is 0.00749. The fourth-order valence-electron chi connectivity index (χ4n) is 4.46. The molecule has 1 amide bonds. The zero-order chi connectivity index (χ0) is 15.6. The highest BCUT2D eigenvalue weighted by Gasteiger charge is 2.37. The van der Waals surface area contributed by atoms with Crippen molar-refractivity contribution in [2.45, 2.75) is 63.5 Å². The molecule has 1 N–H and O–H groups in total. The fourth-order valence-corrected chi connectivity index (χ4v) is 4.46. The molecule has 0 unspecified atom stereocenters. The minimum Gasteiger partial charge on any atom is -0.310 e. The van der Waals surface area contributed by atoms with Crippen LogP contribution in [0.4, 0.5) is 5.69 Å². The molecule has 2 saturated carbocycles. The van der Waals surface area contributed by atoms with Crippen molar-refractivity contribution in [2.75, 3.05) is 11.4 Å². The van der Waals surface area contributed by atoms with E-state index in [0.29, 0.717) is 6.04 Å². The van der Waals surface area contributed by atoms with E-state index in [1.165, 1.54) is 38.5 Å². The Balaban J connectivity index is 1.39. The Morgan fingerprint density at radius 2 is 2.00 bits per heavy atom. The minimum atomic E-state index is -0.00749. The van der Waals surface area contributed by atoms with Crippen molar-refractivity contribution in [1.82, 2.24) is 10.3 Å². The molecule has 1 aliphatic heterocycles. The van der Waals surface area contributed by atoms with Crippen molar-refractivity contribution in [3.05, 3.63) is 24.5 Å². The number of hydrogen-bond donors (Lipinski definition) is 1. The molecule has 1 aromatic rings. The fraction of sp³-hybridized carbons (Fsp3) is 0.684. The Morgan fingerprint density at radius 3 is 2.78 bits per heavy atom. The standard InChI is InChI=1S/C19H27N3O/c23-19-18(7-3-11-22(19)17-6-2-10-20-13-17)21-16-5-1-4-15(12-16)14-8-9-14/h2,6,10,13-16,18,21H,1,3-5,7-9,11-12H2/t15-,16-,18+/m0/s1. The molecule has 4 rings (SSSR count). The van der Waals surface area contributed by atoms with Gasteiger partial charge < -0.3 is 10.2 Å². The second-order valence-electron chi connectivity index (χ2n) is 7.52. The second-order valence-corrected chi connectivity index (χ2v) is 7.52. The van der Waals surface area contributed by atoms with Crippen LogP contribution in [0.15, 0.2) is 24.5 Å². The molecule has 4 nitrogen and oxygen atoms in total. The van der Waals surface area contributed by atoms with Gasteiger partial charge in [0.1, 0.15) is 0 Å². The molecule has 4 heteroatoms. The third-order valence-electron chi connectivity index (χ3n) is 5.84. The highest BCUT2D eigenvalue weighted by atomic mass is 16.2. The van der Waals surface area contributed by atoms with Gasteiger partial charge in [-0.15, -0.1) is 0 Å². The highest BCUT2D eigenvalue weighted by Crippen LogP contribution is 2.44. The summed E-state index contributed by atoms with van der Waals surface area (Å²) in [7, 11) is 0. The molecular formula is C19H27N3O. The maximum absolute atomic E-state index is 12.9. The molecule has 23 heavy (non-hydrogen) atoms. The van der Waals surface area contributed by atoms with E-state index >= 15 is 0 Å². The number of aromatic nitrogens is 1. The van der Waals surface area contributed by atoms with Crippen molar-refractivity contribution in [3.63, 3.8) is 0 Å². The van der Waals surface area contributed by atoms with E-state index in [1.54, 1.807) is 12.4 Å². The van der Waals surface area contributed by atoms with Crippen LogP contribution in [0.5, 0.6) is 0 Å². The van der Waals surface area contributed by atoms with Crippen LogP contribution in [0, 0.1) is 11.8 Å². The number of carbonyl (C=O) groups excluding carboxylic acids is 1. The SMILES string of the molecule is O=C1[C@H](N[C@H]2CCC[C@H](C3CC3)C2)CCCN1c1cccnc1. The lowest BCUT2D eigenvalue weighted by molar-refractivity contribution is -0.122. The summed E-state index contributed by atoms with van der Waals surface area (Å²) in [6, 6.07) is 4.42. The first-order valence-corrected chi connectivity index (χ1v) is 9.29. The molecule has 3 fully saturated rings. The van der Waals surface area contributed by atoms with Crippen LogP contribution in [0.3, 0.4) is 0 Å². The molecule has 2 heterocycles. The smallest absolute Gasteiger partial charge is 0.244 e. The van der Waals surface area contributed by atoms with E-state index in [0.717, 1.165) is 36.9 Å². The number of piperidine rings is 1. The van der Waals surface area contributed by atoms with Crippen molar-refractivity contribution in [2.24, 2.45) is 11.8 Å². The molecule has 0 bridgehead atoms. The number of pyridine rings is 1. The topological polar surface area (TPSA) is 45.2 Å². The largest absolute Gasteiger partial charge is 0.310 e. The van der Waals surface area contributed by atoms with Gasteiger partial charge in [-0.2, -0.15) is 0 Å². The van der Waals surface area contributed by atoms with E-state index in [-0.39, 0.29) is 11.9 Å². The average molecular weight is 313 g/mol. The normalized spacial score (nSPS) is 32.1. The maximum Gasteiger partial charge on any atom is 0.244 e. The van der Waals surface area contributed by atoms with Crippen molar-refractivity contribution < 1.29 is 4.79 Å². The Hall–Kier alpha value is -1.42. The second kappa shape index (κ2) is 6.60. The molecular weight excluding hydrogens is 286 g/mol. The van der Waals surface area contributed by atoms with E-state index in [1.807, 2.05) is 17.0 Å². The summed E-state index contributed by atoms with van der Waals surface area (Å²) in [5.41, 5.74) is 0.934. The van der Waals surface area contributed by atoms with Gasteiger partial charge in [0.05, 0.1) is 17.9 Å². The van der Waals surface area contributed by atoms with E-state index in [4.69, 9.17) is 0 Å². The van der Waals surface area contributed by atoms with Crippen LogP contribution in [0.25, 0.3) is 0 Å². The molecule has 124 valence electrons. The summed E-state index contributed by atoms with van der Waals surface area (Å²) in [6.45, 7) is 0.818. The van der Waals surface area contributed by atoms with Crippen LogP contribution < -0.4 is 10.2 Å². The third-order valence-corrected chi connectivity index (χ3v) is 5.84. The lowest BCUT2D eigenvalue weighted by Crippen LogP contribution is -2.54. The first kappa shape index (κ1) is 15.1. The van der Waals surface area contributed by atoms with Crippen LogP contribution in [0.1, 0.15) is 51.4 Å². The van der Waals surface area contributed by atoms with Gasteiger partial charge in [-0.1, -0.05) is 12.8 Å². The van der Waals surface area contributed by atoms with E-state index in [2.05, 4.69) is 10.3 Å². The molecule has 2 aliphatic carbocycles. The van der Waals surface area contributed by atoms with Gasteiger partial charge in [0, 0.05) is 18.8 Å². The number of rotatable bonds is 4. The van der Waals surface area contributed by atoms with Gasteiger partial charge in [-0.3, -0.25) is 9.78 Å². The van der Waals surface area contributed by atoms with Gasteiger partial charge in [-0.25, -0.2) is 0 Å². The first-order chi connectivity index (χ1) is 11.3. The van der Waals surface area contributed by atoms with Crippen LogP contribution in [-0.2, 0) is 4.79 Å². The number of carbonyl (C=O) groups is 1. The first-order valence-electron chi connectivity index (χ1n) is 9.29. The quantitative estimate of drug-likeness (QED) is 0.929. The summed E-state index contributed by atoms with van der Waals surface area (Å²) in [5, 5.41) is 3.71. The van der Waals surface area contributed by atoms with Crippen molar-refractivity contribution in [1.29, 1.82) is 0 Å². The molecule has 1 saturated heterocycles. The number of nitrogens with one attached hydrogen (secondary N) is 1. The van der Waals surface area contributed by atoms with Crippen LogP contribution in [0.2, 0.25) is 0 Å². The molecule has 0 aromatic carbocycles. The summed E-state index contributed by atoms with van der Waals surface area (Å²) < 4.78 is 0. The number of anilines is 1. The maximum atomic E-state index is 12.9. The summed E-state index contributed by atoms with van der Waals surface area (Å²) in [4.78, 5) is 18.9. The number of hydrogen-bond acceptors (Lipinski definition) is 3. The molecule has 0 radical (unpaired) electrons.